The number of rotatable bonds is 0. The van der Waals surface area contributed by atoms with Crippen molar-refractivity contribution in [2.45, 2.75) is 64.9 Å². The fourth-order valence-corrected chi connectivity index (χ4v) is 6.44. The van der Waals surface area contributed by atoms with Crippen molar-refractivity contribution in [3.05, 3.63) is 11.3 Å². The van der Waals surface area contributed by atoms with Crippen LogP contribution in [0.3, 0.4) is 0 Å². The minimum atomic E-state index is -0.888. The zero-order chi connectivity index (χ0) is 16.6. The molecule has 0 aromatic carbocycles. The zero-order valence-electron chi connectivity index (χ0n) is 14.0. The van der Waals surface area contributed by atoms with Crippen molar-refractivity contribution in [1.82, 2.24) is 0 Å². The zero-order valence-corrected chi connectivity index (χ0v) is 14.0. The first-order valence-corrected chi connectivity index (χ1v) is 8.97. The van der Waals surface area contributed by atoms with E-state index in [0.717, 1.165) is 25.7 Å². The van der Waals surface area contributed by atoms with Crippen molar-refractivity contribution in [2.75, 3.05) is 0 Å². The van der Waals surface area contributed by atoms with Crippen LogP contribution in [0.5, 0.6) is 0 Å². The lowest BCUT2D eigenvalue weighted by Crippen LogP contribution is -2.53. The van der Waals surface area contributed by atoms with Crippen molar-refractivity contribution in [3.8, 4) is 0 Å². The van der Waals surface area contributed by atoms with Gasteiger partial charge in [0.05, 0.1) is 0 Å². The van der Waals surface area contributed by atoms with Crippen LogP contribution in [-0.4, -0.2) is 27.9 Å². The second-order valence-corrected chi connectivity index (χ2v) is 8.65. The SMILES string of the molecule is C[C@]12CC[C@H](O)C(O)=C1C(=O)C[C@@H]1[C@@H]2CC[C@]2(C)C(=O)CC[C@@H]12. The molecule has 0 unspecified atom stereocenters. The number of aliphatic hydroxyl groups excluding tert-OH is 2. The standard InChI is InChI=1S/C19H26O4/c1-18-7-5-12-10(11(18)3-4-15(18)22)9-14(21)16-17(23)13(20)6-8-19(12,16)2/h10-13,20,23H,3-9H2,1-2H3/t10-,11-,12-,13-,18-,19+/m0/s1. The summed E-state index contributed by atoms with van der Waals surface area (Å²) in [6.07, 6.45) is 4.22. The van der Waals surface area contributed by atoms with Gasteiger partial charge in [0.25, 0.3) is 0 Å². The molecule has 0 aromatic heterocycles. The van der Waals surface area contributed by atoms with E-state index in [9.17, 15) is 19.8 Å². The Morgan fingerprint density at radius 3 is 2.39 bits per heavy atom. The van der Waals surface area contributed by atoms with Crippen molar-refractivity contribution in [1.29, 1.82) is 0 Å². The number of fused-ring (bicyclic) bond motifs is 5. The summed E-state index contributed by atoms with van der Waals surface area (Å²) in [4.78, 5) is 25.2. The summed E-state index contributed by atoms with van der Waals surface area (Å²) in [7, 11) is 0. The predicted molar refractivity (Wildman–Crippen MR) is 84.7 cm³/mol. The molecule has 4 nitrogen and oxygen atoms in total. The molecule has 0 amide bonds. The second-order valence-electron chi connectivity index (χ2n) is 8.65. The molecule has 0 bridgehead atoms. The maximum Gasteiger partial charge on any atom is 0.163 e. The third-order valence-corrected chi connectivity index (χ3v) is 7.74. The first-order chi connectivity index (χ1) is 10.8. The minimum absolute atomic E-state index is 0.00593. The highest BCUT2D eigenvalue weighted by Crippen LogP contribution is 2.64. The molecule has 4 aliphatic rings. The highest BCUT2D eigenvalue weighted by atomic mass is 16.3. The van der Waals surface area contributed by atoms with Crippen LogP contribution in [0.2, 0.25) is 0 Å². The average Bonchev–Trinajstić information content (AvgIpc) is 2.79. The van der Waals surface area contributed by atoms with Crippen LogP contribution in [0.1, 0.15) is 58.8 Å². The Balaban J connectivity index is 1.78. The van der Waals surface area contributed by atoms with Crippen molar-refractivity contribution in [3.63, 3.8) is 0 Å². The summed E-state index contributed by atoms with van der Waals surface area (Å²) in [6, 6.07) is 0. The summed E-state index contributed by atoms with van der Waals surface area (Å²) in [5, 5.41) is 20.3. The molecule has 23 heavy (non-hydrogen) atoms. The van der Waals surface area contributed by atoms with Crippen molar-refractivity contribution in [2.24, 2.45) is 28.6 Å². The molecule has 0 radical (unpaired) electrons. The monoisotopic (exact) mass is 318 g/mol. The summed E-state index contributed by atoms with van der Waals surface area (Å²) in [6.45, 7) is 4.20. The number of ketones is 2. The average molecular weight is 318 g/mol. The van der Waals surface area contributed by atoms with Gasteiger partial charge in [0.2, 0.25) is 0 Å². The Kier molecular flexibility index (Phi) is 3.13. The summed E-state index contributed by atoms with van der Waals surface area (Å²) < 4.78 is 0. The first kappa shape index (κ1) is 15.4. The largest absolute Gasteiger partial charge is 0.509 e. The van der Waals surface area contributed by atoms with E-state index in [1.165, 1.54) is 0 Å². The van der Waals surface area contributed by atoms with Crippen LogP contribution >= 0.6 is 0 Å². The van der Waals surface area contributed by atoms with Gasteiger partial charge in [-0.2, -0.15) is 0 Å². The quantitative estimate of drug-likeness (QED) is 0.720. The molecule has 4 aliphatic carbocycles. The van der Waals surface area contributed by atoms with Gasteiger partial charge in [-0.15, -0.1) is 0 Å². The number of aliphatic hydroxyl groups is 2. The Morgan fingerprint density at radius 2 is 1.65 bits per heavy atom. The van der Waals surface area contributed by atoms with Crippen LogP contribution in [0, 0.1) is 28.6 Å². The number of carbonyl (C=O) groups is 2. The fraction of sp³-hybridized carbons (Fsp3) is 0.789. The topological polar surface area (TPSA) is 74.6 Å². The maximum atomic E-state index is 12.8. The molecule has 3 fully saturated rings. The third-order valence-electron chi connectivity index (χ3n) is 7.74. The molecule has 2 N–H and O–H groups in total. The van der Waals surface area contributed by atoms with Crippen LogP contribution in [0.4, 0.5) is 0 Å². The molecule has 0 aromatic rings. The lowest BCUT2D eigenvalue weighted by Gasteiger charge is -2.56. The molecule has 6 atom stereocenters. The Labute approximate surface area is 137 Å². The number of carbonyl (C=O) groups excluding carboxylic acids is 2. The van der Waals surface area contributed by atoms with Gasteiger partial charge in [-0.25, -0.2) is 0 Å². The maximum absolute atomic E-state index is 12.8. The Morgan fingerprint density at radius 1 is 1.00 bits per heavy atom. The number of hydrogen-bond acceptors (Lipinski definition) is 4. The number of allylic oxidation sites excluding steroid dienone is 1. The van der Waals surface area contributed by atoms with Crippen LogP contribution < -0.4 is 0 Å². The lowest BCUT2D eigenvalue weighted by molar-refractivity contribution is -0.138. The molecule has 0 saturated heterocycles. The van der Waals surface area contributed by atoms with Crippen molar-refractivity contribution >= 4 is 11.6 Å². The van der Waals surface area contributed by atoms with Crippen LogP contribution in [0.25, 0.3) is 0 Å². The second kappa shape index (κ2) is 4.69. The highest BCUT2D eigenvalue weighted by molar-refractivity contribution is 5.99. The molecular weight excluding hydrogens is 292 g/mol. The number of Topliss-reactive ketones (excluding diaryl/α,β-unsaturated/α-hetero) is 2. The molecule has 4 rings (SSSR count). The Hall–Kier alpha value is -1.16. The van der Waals surface area contributed by atoms with Gasteiger partial charge in [0, 0.05) is 29.2 Å². The van der Waals surface area contributed by atoms with E-state index >= 15 is 0 Å². The third kappa shape index (κ3) is 1.81. The van der Waals surface area contributed by atoms with E-state index < -0.39 is 6.10 Å². The van der Waals surface area contributed by atoms with Gasteiger partial charge in [0.1, 0.15) is 17.6 Å². The van der Waals surface area contributed by atoms with Gasteiger partial charge in [0.15, 0.2) is 5.78 Å². The molecule has 0 aliphatic heterocycles. The van der Waals surface area contributed by atoms with Gasteiger partial charge in [-0.1, -0.05) is 13.8 Å². The summed E-state index contributed by atoms with van der Waals surface area (Å²) >= 11 is 0. The predicted octanol–water partition coefficient (Wildman–Crippen LogP) is 2.94. The Bertz CT molecular complexity index is 621. The molecule has 4 heteroatoms. The van der Waals surface area contributed by atoms with E-state index in [4.69, 9.17) is 0 Å². The fourth-order valence-electron chi connectivity index (χ4n) is 6.44. The number of hydrogen-bond donors (Lipinski definition) is 2. The molecular formula is C19H26O4. The van der Waals surface area contributed by atoms with Crippen LogP contribution in [-0.2, 0) is 9.59 Å². The van der Waals surface area contributed by atoms with Gasteiger partial charge < -0.3 is 10.2 Å². The van der Waals surface area contributed by atoms with Crippen molar-refractivity contribution < 1.29 is 19.8 Å². The molecule has 3 saturated carbocycles. The molecule has 126 valence electrons. The van der Waals surface area contributed by atoms with E-state index in [0.29, 0.717) is 42.5 Å². The summed E-state index contributed by atoms with van der Waals surface area (Å²) in [5.41, 5.74) is -0.0867. The van der Waals surface area contributed by atoms with Gasteiger partial charge in [-0.3, -0.25) is 9.59 Å². The molecule has 0 spiro atoms. The van der Waals surface area contributed by atoms with Crippen LogP contribution in [0.15, 0.2) is 11.3 Å². The van der Waals surface area contributed by atoms with E-state index in [1.54, 1.807) is 0 Å². The summed E-state index contributed by atoms with van der Waals surface area (Å²) in [5.74, 6) is 1.19. The normalized spacial score (nSPS) is 49.7. The van der Waals surface area contributed by atoms with Gasteiger partial charge in [-0.05, 0) is 49.9 Å². The highest BCUT2D eigenvalue weighted by Gasteiger charge is 2.61. The van der Waals surface area contributed by atoms with E-state index in [2.05, 4.69) is 13.8 Å². The first-order valence-electron chi connectivity index (χ1n) is 8.97. The smallest absolute Gasteiger partial charge is 0.163 e. The minimum Gasteiger partial charge on any atom is -0.509 e. The van der Waals surface area contributed by atoms with E-state index in [-0.39, 0.29) is 28.3 Å². The lowest BCUT2D eigenvalue weighted by atomic mass is 9.47. The van der Waals surface area contributed by atoms with E-state index in [1.807, 2.05) is 0 Å². The van der Waals surface area contributed by atoms with Gasteiger partial charge >= 0.3 is 0 Å². The molecule has 0 heterocycles.